The average molecular weight is 500 g/mol. The molecule has 0 aliphatic carbocycles. The Morgan fingerprint density at radius 1 is 1.11 bits per heavy atom. The Labute approximate surface area is 201 Å². The van der Waals surface area contributed by atoms with Gasteiger partial charge in [0, 0.05) is 42.8 Å². The fourth-order valence-electron chi connectivity index (χ4n) is 3.84. The Balaban J connectivity index is 1.23. The SMILES string of the molecule is O=C(NCC1COCCN1C(=O)c1ccc2nccn2c1)c1ccc(-c2noc(C(F)(F)F)n2)cc1. The molecule has 3 aromatic heterocycles. The van der Waals surface area contributed by atoms with Crippen molar-refractivity contribution in [2.45, 2.75) is 12.2 Å². The van der Waals surface area contributed by atoms with Crippen molar-refractivity contribution >= 4 is 17.5 Å². The summed E-state index contributed by atoms with van der Waals surface area (Å²) >= 11 is 0. The Hall–Kier alpha value is -4.26. The first-order valence-electron chi connectivity index (χ1n) is 10.9. The largest absolute Gasteiger partial charge is 0.471 e. The molecule has 1 saturated heterocycles. The number of ether oxygens (including phenoxy) is 1. The molecule has 0 saturated carbocycles. The number of imidazole rings is 1. The van der Waals surface area contributed by atoms with Crippen molar-refractivity contribution < 1.29 is 32.0 Å². The van der Waals surface area contributed by atoms with Crippen LogP contribution in [0, 0.1) is 0 Å². The standard InChI is InChI=1S/C23H19F3N6O4/c24-23(25,26)22-29-19(30-36-22)14-1-3-15(4-2-14)20(33)28-11-17-13-35-10-9-32(17)21(34)16-5-6-18-27-7-8-31(18)12-16/h1-8,12,17H,9-11,13H2,(H,28,33). The van der Waals surface area contributed by atoms with E-state index in [9.17, 15) is 22.8 Å². The number of alkyl halides is 3. The van der Waals surface area contributed by atoms with Crippen molar-refractivity contribution in [3.63, 3.8) is 0 Å². The van der Waals surface area contributed by atoms with Gasteiger partial charge in [0.2, 0.25) is 5.82 Å². The van der Waals surface area contributed by atoms with Gasteiger partial charge in [-0.05, 0) is 24.3 Å². The lowest BCUT2D eigenvalue weighted by Gasteiger charge is -2.35. The third kappa shape index (κ3) is 4.77. The van der Waals surface area contributed by atoms with Crippen molar-refractivity contribution in [1.29, 1.82) is 0 Å². The van der Waals surface area contributed by atoms with E-state index < -0.39 is 18.0 Å². The normalized spacial score (nSPS) is 16.3. The molecule has 1 aromatic carbocycles. The molecule has 1 N–H and O–H groups in total. The van der Waals surface area contributed by atoms with Crippen LogP contribution in [0.2, 0.25) is 0 Å². The van der Waals surface area contributed by atoms with E-state index in [4.69, 9.17) is 4.74 Å². The van der Waals surface area contributed by atoms with Crippen LogP contribution in [0.5, 0.6) is 0 Å². The molecule has 10 nitrogen and oxygen atoms in total. The fraction of sp³-hybridized carbons (Fsp3) is 0.261. The molecule has 36 heavy (non-hydrogen) atoms. The number of carbonyl (C=O) groups excluding carboxylic acids is 2. The smallest absolute Gasteiger partial charge is 0.377 e. The van der Waals surface area contributed by atoms with Crippen molar-refractivity contribution in [1.82, 2.24) is 29.7 Å². The molecular formula is C23H19F3N6O4. The van der Waals surface area contributed by atoms with Gasteiger partial charge in [-0.3, -0.25) is 9.59 Å². The molecular weight excluding hydrogens is 481 g/mol. The lowest BCUT2D eigenvalue weighted by molar-refractivity contribution is -0.159. The second-order valence-corrected chi connectivity index (χ2v) is 8.05. The summed E-state index contributed by atoms with van der Waals surface area (Å²) in [5, 5.41) is 6.11. The number of hydrogen-bond acceptors (Lipinski definition) is 7. The minimum atomic E-state index is -4.74. The van der Waals surface area contributed by atoms with Gasteiger partial charge in [0.15, 0.2) is 0 Å². The quantitative estimate of drug-likeness (QED) is 0.448. The molecule has 4 heterocycles. The number of carbonyl (C=O) groups is 2. The number of halogens is 3. The third-order valence-corrected chi connectivity index (χ3v) is 5.70. The minimum Gasteiger partial charge on any atom is -0.377 e. The second-order valence-electron chi connectivity index (χ2n) is 8.05. The van der Waals surface area contributed by atoms with Crippen molar-refractivity contribution in [3.8, 4) is 11.4 Å². The predicted octanol–water partition coefficient (Wildman–Crippen LogP) is 2.67. The zero-order valence-electron chi connectivity index (χ0n) is 18.6. The number of morpholine rings is 1. The van der Waals surface area contributed by atoms with E-state index in [2.05, 4.69) is 25.0 Å². The van der Waals surface area contributed by atoms with Crippen LogP contribution in [0.25, 0.3) is 17.0 Å². The Morgan fingerprint density at radius 2 is 1.89 bits per heavy atom. The van der Waals surface area contributed by atoms with Crippen LogP contribution in [0.3, 0.4) is 0 Å². The number of nitrogens with one attached hydrogen (secondary N) is 1. The first-order chi connectivity index (χ1) is 17.3. The number of hydrogen-bond donors (Lipinski definition) is 1. The van der Waals surface area contributed by atoms with E-state index in [1.54, 1.807) is 40.0 Å². The van der Waals surface area contributed by atoms with Gasteiger partial charge in [-0.1, -0.05) is 17.3 Å². The molecule has 5 rings (SSSR count). The molecule has 0 radical (unpaired) electrons. The van der Waals surface area contributed by atoms with Gasteiger partial charge in [0.25, 0.3) is 11.8 Å². The molecule has 0 bridgehead atoms. The zero-order valence-corrected chi connectivity index (χ0v) is 18.6. The molecule has 4 aromatic rings. The van der Waals surface area contributed by atoms with Gasteiger partial charge in [-0.2, -0.15) is 18.2 Å². The summed E-state index contributed by atoms with van der Waals surface area (Å²) in [6.07, 6.45) is 0.363. The molecule has 1 aliphatic heterocycles. The van der Waals surface area contributed by atoms with E-state index in [0.717, 1.165) is 5.65 Å². The summed E-state index contributed by atoms with van der Waals surface area (Å²) < 4.78 is 49.5. The van der Waals surface area contributed by atoms with Gasteiger partial charge < -0.3 is 23.9 Å². The molecule has 2 amide bonds. The van der Waals surface area contributed by atoms with Gasteiger partial charge in [0.1, 0.15) is 5.65 Å². The van der Waals surface area contributed by atoms with Gasteiger partial charge >= 0.3 is 12.1 Å². The maximum atomic E-state index is 13.2. The first kappa shape index (κ1) is 23.5. The topological polar surface area (TPSA) is 115 Å². The van der Waals surface area contributed by atoms with E-state index in [1.165, 1.54) is 24.3 Å². The predicted molar refractivity (Wildman–Crippen MR) is 118 cm³/mol. The molecule has 1 aliphatic rings. The Bertz CT molecular complexity index is 1400. The van der Waals surface area contributed by atoms with Crippen molar-refractivity contribution in [2.24, 2.45) is 0 Å². The van der Waals surface area contributed by atoms with Crippen LogP contribution in [0.4, 0.5) is 13.2 Å². The summed E-state index contributed by atoms with van der Waals surface area (Å²) in [5.41, 5.74) is 1.75. The number of rotatable bonds is 5. The maximum absolute atomic E-state index is 13.2. The number of amides is 2. The van der Waals surface area contributed by atoms with Crippen LogP contribution in [0.15, 0.2) is 59.5 Å². The summed E-state index contributed by atoms with van der Waals surface area (Å²) in [6.45, 7) is 1.18. The van der Waals surface area contributed by atoms with Crippen LogP contribution >= 0.6 is 0 Å². The molecule has 13 heteroatoms. The monoisotopic (exact) mass is 500 g/mol. The summed E-state index contributed by atoms with van der Waals surface area (Å²) in [7, 11) is 0. The lowest BCUT2D eigenvalue weighted by atomic mass is 10.1. The minimum absolute atomic E-state index is 0.152. The molecule has 1 fully saturated rings. The van der Waals surface area contributed by atoms with Crippen LogP contribution in [0.1, 0.15) is 26.6 Å². The zero-order chi connectivity index (χ0) is 25.3. The van der Waals surface area contributed by atoms with E-state index in [0.29, 0.717) is 18.7 Å². The molecule has 1 unspecified atom stereocenters. The second kappa shape index (κ2) is 9.41. The highest BCUT2D eigenvalue weighted by Gasteiger charge is 2.38. The van der Waals surface area contributed by atoms with Crippen molar-refractivity contribution in [3.05, 3.63) is 72.0 Å². The fourth-order valence-corrected chi connectivity index (χ4v) is 3.84. The third-order valence-electron chi connectivity index (χ3n) is 5.70. The summed E-state index contributed by atoms with van der Waals surface area (Å²) in [4.78, 5) is 35.0. The highest BCUT2D eigenvalue weighted by molar-refractivity contribution is 5.95. The van der Waals surface area contributed by atoms with Crippen LogP contribution in [-0.2, 0) is 10.9 Å². The average Bonchev–Trinajstić information content (AvgIpc) is 3.57. The number of aromatic nitrogens is 4. The Morgan fingerprint density at radius 3 is 2.64 bits per heavy atom. The summed E-state index contributed by atoms with van der Waals surface area (Å²) in [5.74, 6) is -2.28. The molecule has 1 atom stereocenters. The summed E-state index contributed by atoms with van der Waals surface area (Å²) in [6, 6.07) is 8.81. The van der Waals surface area contributed by atoms with E-state index in [1.807, 2.05) is 0 Å². The maximum Gasteiger partial charge on any atom is 0.471 e. The van der Waals surface area contributed by atoms with Crippen LogP contribution < -0.4 is 5.32 Å². The number of fused-ring (bicyclic) bond motifs is 1. The van der Waals surface area contributed by atoms with Gasteiger partial charge in [-0.15, -0.1) is 0 Å². The number of pyridine rings is 1. The van der Waals surface area contributed by atoms with Gasteiger partial charge in [0.05, 0.1) is 24.8 Å². The van der Waals surface area contributed by atoms with Crippen molar-refractivity contribution in [2.75, 3.05) is 26.3 Å². The number of nitrogens with zero attached hydrogens (tertiary/aromatic N) is 5. The van der Waals surface area contributed by atoms with E-state index >= 15 is 0 Å². The molecule has 0 spiro atoms. The number of benzene rings is 1. The Kier molecular flexibility index (Phi) is 6.14. The highest BCUT2D eigenvalue weighted by atomic mass is 19.4. The van der Waals surface area contributed by atoms with Crippen LogP contribution in [-0.4, -0.2) is 68.6 Å². The lowest BCUT2D eigenvalue weighted by Crippen LogP contribution is -2.53. The highest BCUT2D eigenvalue weighted by Crippen LogP contribution is 2.29. The first-order valence-corrected chi connectivity index (χ1v) is 10.9. The van der Waals surface area contributed by atoms with E-state index in [-0.39, 0.29) is 42.1 Å². The van der Waals surface area contributed by atoms with Gasteiger partial charge in [-0.25, -0.2) is 4.98 Å². The molecule has 186 valence electrons.